The molecule has 2 unspecified atom stereocenters. The van der Waals surface area contributed by atoms with Crippen molar-refractivity contribution in [1.29, 1.82) is 0 Å². The predicted molar refractivity (Wildman–Crippen MR) is 97.9 cm³/mol. The SMILES string of the molecule is CC1CCCCC1NC(=O)NC(=O)COC(=O)c1cnc2ccccc2n1. The molecule has 0 saturated heterocycles. The van der Waals surface area contributed by atoms with Crippen LogP contribution in [-0.2, 0) is 9.53 Å². The van der Waals surface area contributed by atoms with Gasteiger partial charge in [0.2, 0.25) is 0 Å². The van der Waals surface area contributed by atoms with Crippen LogP contribution in [0.15, 0.2) is 30.5 Å². The minimum absolute atomic E-state index is 0.00184. The third-order valence-corrected chi connectivity index (χ3v) is 4.67. The molecule has 1 aromatic carbocycles. The Labute approximate surface area is 156 Å². The van der Waals surface area contributed by atoms with Crippen LogP contribution in [0.3, 0.4) is 0 Å². The van der Waals surface area contributed by atoms with E-state index in [-0.39, 0.29) is 11.7 Å². The van der Waals surface area contributed by atoms with Crippen LogP contribution in [0.5, 0.6) is 0 Å². The zero-order chi connectivity index (χ0) is 19.2. The first kappa shape index (κ1) is 18.8. The molecule has 0 aliphatic heterocycles. The van der Waals surface area contributed by atoms with E-state index in [4.69, 9.17) is 4.74 Å². The third-order valence-electron chi connectivity index (χ3n) is 4.67. The van der Waals surface area contributed by atoms with Gasteiger partial charge in [-0.15, -0.1) is 0 Å². The third kappa shape index (κ3) is 4.99. The number of hydrogen-bond acceptors (Lipinski definition) is 6. The van der Waals surface area contributed by atoms with Crippen LogP contribution in [0, 0.1) is 5.92 Å². The second kappa shape index (κ2) is 8.57. The number of fused-ring (bicyclic) bond motifs is 1. The zero-order valence-electron chi connectivity index (χ0n) is 15.1. The number of carbonyl (C=O) groups is 3. The molecule has 1 aliphatic carbocycles. The average molecular weight is 370 g/mol. The summed E-state index contributed by atoms with van der Waals surface area (Å²) in [4.78, 5) is 44.1. The van der Waals surface area contributed by atoms with Crippen LogP contribution in [0.2, 0.25) is 0 Å². The van der Waals surface area contributed by atoms with E-state index in [9.17, 15) is 14.4 Å². The number of benzene rings is 1. The first-order valence-electron chi connectivity index (χ1n) is 9.02. The Kier molecular flexibility index (Phi) is 5.95. The normalized spacial score (nSPS) is 19.3. The molecular weight excluding hydrogens is 348 g/mol. The Hall–Kier alpha value is -3.03. The Morgan fingerprint density at radius 1 is 1.15 bits per heavy atom. The number of nitrogens with zero attached hydrogens (tertiary/aromatic N) is 2. The summed E-state index contributed by atoms with van der Waals surface area (Å²) in [6, 6.07) is 6.59. The van der Waals surface area contributed by atoms with Crippen molar-refractivity contribution < 1.29 is 19.1 Å². The molecule has 0 bridgehead atoms. The summed E-state index contributed by atoms with van der Waals surface area (Å²) in [5, 5.41) is 4.99. The highest BCUT2D eigenvalue weighted by molar-refractivity contribution is 5.97. The summed E-state index contributed by atoms with van der Waals surface area (Å²) < 4.78 is 4.92. The summed E-state index contributed by atoms with van der Waals surface area (Å²) in [5.74, 6) is -1.09. The zero-order valence-corrected chi connectivity index (χ0v) is 15.1. The first-order valence-corrected chi connectivity index (χ1v) is 9.02. The number of para-hydroxylation sites is 2. The maximum atomic E-state index is 12.0. The summed E-state index contributed by atoms with van der Waals surface area (Å²) in [5.41, 5.74) is 1.21. The summed E-state index contributed by atoms with van der Waals surface area (Å²) in [6.07, 6.45) is 5.47. The molecule has 2 N–H and O–H groups in total. The molecule has 1 aromatic heterocycles. The van der Waals surface area contributed by atoms with E-state index in [1.807, 2.05) is 6.07 Å². The number of imide groups is 1. The lowest BCUT2D eigenvalue weighted by Gasteiger charge is -2.29. The molecule has 8 heteroatoms. The Morgan fingerprint density at radius 3 is 2.67 bits per heavy atom. The molecule has 1 saturated carbocycles. The molecule has 2 aromatic rings. The molecule has 3 rings (SSSR count). The lowest BCUT2D eigenvalue weighted by atomic mass is 9.86. The summed E-state index contributed by atoms with van der Waals surface area (Å²) in [7, 11) is 0. The van der Waals surface area contributed by atoms with Gasteiger partial charge in [0, 0.05) is 6.04 Å². The smallest absolute Gasteiger partial charge is 0.359 e. The first-order chi connectivity index (χ1) is 13.0. The topological polar surface area (TPSA) is 110 Å². The summed E-state index contributed by atoms with van der Waals surface area (Å²) >= 11 is 0. The second-order valence-electron chi connectivity index (χ2n) is 6.71. The molecule has 2 atom stereocenters. The van der Waals surface area contributed by atoms with E-state index in [2.05, 4.69) is 27.5 Å². The van der Waals surface area contributed by atoms with Gasteiger partial charge in [0.25, 0.3) is 5.91 Å². The van der Waals surface area contributed by atoms with Gasteiger partial charge in [-0.1, -0.05) is 31.9 Å². The number of hydrogen-bond donors (Lipinski definition) is 2. The molecular formula is C19H22N4O4. The molecule has 1 heterocycles. The number of nitrogens with one attached hydrogen (secondary N) is 2. The molecule has 1 aliphatic rings. The van der Waals surface area contributed by atoms with Gasteiger partial charge in [-0.3, -0.25) is 15.1 Å². The fourth-order valence-corrected chi connectivity index (χ4v) is 3.16. The van der Waals surface area contributed by atoms with Crippen LogP contribution >= 0.6 is 0 Å². The minimum atomic E-state index is -0.773. The van der Waals surface area contributed by atoms with Crippen molar-refractivity contribution in [3.63, 3.8) is 0 Å². The molecule has 142 valence electrons. The highest BCUT2D eigenvalue weighted by Crippen LogP contribution is 2.23. The fraction of sp³-hybridized carbons (Fsp3) is 0.421. The van der Waals surface area contributed by atoms with Gasteiger partial charge < -0.3 is 10.1 Å². The second-order valence-corrected chi connectivity index (χ2v) is 6.71. The van der Waals surface area contributed by atoms with Gasteiger partial charge in [-0.05, 0) is 30.9 Å². The van der Waals surface area contributed by atoms with E-state index < -0.39 is 24.5 Å². The van der Waals surface area contributed by atoms with Crippen molar-refractivity contribution in [2.75, 3.05) is 6.61 Å². The lowest BCUT2D eigenvalue weighted by Crippen LogP contribution is -2.48. The van der Waals surface area contributed by atoms with E-state index in [1.165, 1.54) is 6.20 Å². The number of urea groups is 1. The van der Waals surface area contributed by atoms with Crippen molar-refractivity contribution in [3.8, 4) is 0 Å². The quantitative estimate of drug-likeness (QED) is 0.798. The molecule has 27 heavy (non-hydrogen) atoms. The highest BCUT2D eigenvalue weighted by atomic mass is 16.5. The van der Waals surface area contributed by atoms with Gasteiger partial charge in [0.1, 0.15) is 0 Å². The fourth-order valence-electron chi connectivity index (χ4n) is 3.16. The van der Waals surface area contributed by atoms with Crippen molar-refractivity contribution in [1.82, 2.24) is 20.6 Å². The number of aromatic nitrogens is 2. The van der Waals surface area contributed by atoms with E-state index in [0.717, 1.165) is 25.7 Å². The van der Waals surface area contributed by atoms with Gasteiger partial charge in [0.15, 0.2) is 12.3 Å². The standard InChI is InChI=1S/C19H22N4O4/c1-12-6-2-3-7-13(12)22-19(26)23-17(24)11-27-18(25)16-10-20-14-8-4-5-9-15(14)21-16/h4-5,8-10,12-13H,2-3,6-7,11H2,1H3,(H2,22,23,24,26). The van der Waals surface area contributed by atoms with E-state index >= 15 is 0 Å². The summed E-state index contributed by atoms with van der Waals surface area (Å²) in [6.45, 7) is 1.51. The predicted octanol–water partition coefficient (Wildman–Crippen LogP) is 2.19. The Morgan fingerprint density at radius 2 is 1.89 bits per heavy atom. The molecule has 3 amide bonds. The largest absolute Gasteiger partial charge is 0.451 e. The molecule has 0 spiro atoms. The van der Waals surface area contributed by atoms with Gasteiger partial charge >= 0.3 is 12.0 Å². The number of ether oxygens (including phenoxy) is 1. The molecule has 8 nitrogen and oxygen atoms in total. The number of rotatable bonds is 4. The average Bonchev–Trinajstić information content (AvgIpc) is 2.67. The van der Waals surface area contributed by atoms with Gasteiger partial charge in [-0.2, -0.15) is 0 Å². The monoisotopic (exact) mass is 370 g/mol. The van der Waals surface area contributed by atoms with E-state index in [1.54, 1.807) is 18.2 Å². The number of carbonyl (C=O) groups excluding carboxylic acids is 3. The van der Waals surface area contributed by atoms with Crippen molar-refractivity contribution in [2.45, 2.75) is 38.6 Å². The Balaban J connectivity index is 1.47. The van der Waals surface area contributed by atoms with Crippen LogP contribution in [0.1, 0.15) is 43.1 Å². The maximum absolute atomic E-state index is 12.0. The van der Waals surface area contributed by atoms with Crippen LogP contribution in [0.4, 0.5) is 4.79 Å². The van der Waals surface area contributed by atoms with Crippen LogP contribution < -0.4 is 10.6 Å². The number of esters is 1. The minimum Gasteiger partial charge on any atom is -0.451 e. The van der Waals surface area contributed by atoms with Crippen molar-refractivity contribution in [2.24, 2.45) is 5.92 Å². The molecule has 1 fully saturated rings. The van der Waals surface area contributed by atoms with E-state index in [0.29, 0.717) is 17.0 Å². The van der Waals surface area contributed by atoms with Crippen LogP contribution in [-0.4, -0.2) is 40.5 Å². The lowest BCUT2D eigenvalue weighted by molar-refractivity contribution is -0.123. The van der Waals surface area contributed by atoms with Crippen LogP contribution in [0.25, 0.3) is 11.0 Å². The van der Waals surface area contributed by atoms with Crippen molar-refractivity contribution >= 4 is 28.9 Å². The Bertz CT molecular complexity index is 854. The maximum Gasteiger partial charge on any atom is 0.359 e. The molecule has 0 radical (unpaired) electrons. The highest BCUT2D eigenvalue weighted by Gasteiger charge is 2.23. The van der Waals surface area contributed by atoms with Gasteiger partial charge in [0.05, 0.1) is 17.2 Å². The van der Waals surface area contributed by atoms with Gasteiger partial charge in [-0.25, -0.2) is 14.6 Å². The number of amides is 3. The van der Waals surface area contributed by atoms with Crippen molar-refractivity contribution in [3.05, 3.63) is 36.2 Å².